The van der Waals surface area contributed by atoms with Gasteiger partial charge < -0.3 is 5.32 Å². The molecule has 0 fully saturated rings. The normalized spacial score (nSPS) is 13.5. The molecule has 1 aromatic carbocycles. The standard InChI is InChI=1S/C18H19NO2S/c20-16(17-9-4-12-22-17)10-11-18(21)19-15-8-3-6-13-5-1-2-7-14(13)15/h3-4,6,8-9,12H,1-2,5,7,10-11H2,(H,19,21). The van der Waals surface area contributed by atoms with E-state index in [9.17, 15) is 9.59 Å². The lowest BCUT2D eigenvalue weighted by molar-refractivity contribution is -0.116. The van der Waals surface area contributed by atoms with Crippen LogP contribution in [0.5, 0.6) is 0 Å². The van der Waals surface area contributed by atoms with Gasteiger partial charge in [-0.15, -0.1) is 11.3 Å². The van der Waals surface area contributed by atoms with E-state index in [-0.39, 0.29) is 24.5 Å². The minimum Gasteiger partial charge on any atom is -0.326 e. The van der Waals surface area contributed by atoms with Gasteiger partial charge in [-0.25, -0.2) is 0 Å². The fourth-order valence-electron chi connectivity index (χ4n) is 2.90. The molecule has 0 saturated carbocycles. The largest absolute Gasteiger partial charge is 0.326 e. The number of ketones is 1. The first-order chi connectivity index (χ1) is 10.7. The van der Waals surface area contributed by atoms with Crippen LogP contribution in [-0.2, 0) is 17.6 Å². The van der Waals surface area contributed by atoms with Gasteiger partial charge in [0, 0.05) is 18.5 Å². The molecule has 0 unspecified atom stereocenters. The number of carbonyl (C=O) groups is 2. The highest BCUT2D eigenvalue weighted by Gasteiger charge is 2.15. The average molecular weight is 313 g/mol. The number of nitrogens with one attached hydrogen (secondary N) is 1. The van der Waals surface area contributed by atoms with Gasteiger partial charge in [0.05, 0.1) is 4.88 Å². The number of thiophene rings is 1. The summed E-state index contributed by atoms with van der Waals surface area (Å²) in [6.07, 6.45) is 5.02. The fourth-order valence-corrected chi connectivity index (χ4v) is 3.59. The van der Waals surface area contributed by atoms with Crippen molar-refractivity contribution in [3.63, 3.8) is 0 Å². The van der Waals surface area contributed by atoms with Crippen LogP contribution in [0.15, 0.2) is 35.7 Å². The number of amides is 1. The van der Waals surface area contributed by atoms with Crippen LogP contribution in [0.4, 0.5) is 5.69 Å². The highest BCUT2D eigenvalue weighted by molar-refractivity contribution is 7.12. The Kier molecular flexibility index (Phi) is 4.68. The van der Waals surface area contributed by atoms with Crippen molar-refractivity contribution in [3.05, 3.63) is 51.7 Å². The molecule has 114 valence electrons. The van der Waals surface area contributed by atoms with Crippen molar-refractivity contribution in [1.29, 1.82) is 0 Å². The predicted molar refractivity (Wildman–Crippen MR) is 89.6 cm³/mol. The molecule has 0 aliphatic heterocycles. The summed E-state index contributed by atoms with van der Waals surface area (Å²) in [5, 5.41) is 4.86. The number of benzene rings is 1. The molecule has 2 aromatic rings. The van der Waals surface area contributed by atoms with Crippen LogP contribution in [0, 0.1) is 0 Å². The number of hydrogen-bond donors (Lipinski definition) is 1. The molecule has 3 rings (SSSR count). The minimum atomic E-state index is -0.0797. The third kappa shape index (κ3) is 3.45. The molecule has 0 spiro atoms. The molecule has 1 aliphatic rings. The molecule has 0 radical (unpaired) electrons. The van der Waals surface area contributed by atoms with Gasteiger partial charge >= 0.3 is 0 Å². The molecule has 3 nitrogen and oxygen atoms in total. The van der Waals surface area contributed by atoms with Crippen LogP contribution in [0.2, 0.25) is 0 Å². The number of rotatable bonds is 5. The zero-order valence-corrected chi connectivity index (χ0v) is 13.2. The van der Waals surface area contributed by atoms with E-state index in [4.69, 9.17) is 0 Å². The lowest BCUT2D eigenvalue weighted by atomic mass is 9.90. The van der Waals surface area contributed by atoms with Gasteiger partial charge in [0.1, 0.15) is 0 Å². The smallest absolute Gasteiger partial charge is 0.224 e. The first-order valence-electron chi connectivity index (χ1n) is 7.71. The van der Waals surface area contributed by atoms with Crippen molar-refractivity contribution in [3.8, 4) is 0 Å². The third-order valence-corrected chi connectivity index (χ3v) is 4.96. The van der Waals surface area contributed by atoms with Gasteiger partial charge in [-0.2, -0.15) is 0 Å². The zero-order valence-electron chi connectivity index (χ0n) is 12.4. The highest BCUT2D eigenvalue weighted by atomic mass is 32.1. The molecule has 1 N–H and O–H groups in total. The van der Waals surface area contributed by atoms with Crippen LogP contribution in [0.1, 0.15) is 46.5 Å². The van der Waals surface area contributed by atoms with E-state index in [0.717, 1.165) is 23.4 Å². The van der Waals surface area contributed by atoms with Crippen molar-refractivity contribution in [2.45, 2.75) is 38.5 Å². The third-order valence-electron chi connectivity index (χ3n) is 4.05. The monoisotopic (exact) mass is 313 g/mol. The maximum absolute atomic E-state index is 12.1. The second-order valence-electron chi connectivity index (χ2n) is 5.60. The Morgan fingerprint density at radius 3 is 2.73 bits per heavy atom. The summed E-state index contributed by atoms with van der Waals surface area (Å²) in [5.74, 6) is -0.0379. The van der Waals surface area contributed by atoms with Crippen LogP contribution in [0.25, 0.3) is 0 Å². The Labute approximate surface area is 134 Å². The van der Waals surface area contributed by atoms with E-state index in [0.29, 0.717) is 0 Å². The lowest BCUT2D eigenvalue weighted by Gasteiger charge is -2.19. The van der Waals surface area contributed by atoms with Crippen LogP contribution >= 0.6 is 11.3 Å². The molecular formula is C18H19NO2S. The summed E-state index contributed by atoms with van der Waals surface area (Å²) < 4.78 is 0. The van der Waals surface area contributed by atoms with Gasteiger partial charge in [-0.3, -0.25) is 9.59 Å². The first kappa shape index (κ1) is 15.0. The van der Waals surface area contributed by atoms with Crippen molar-refractivity contribution >= 4 is 28.7 Å². The SMILES string of the molecule is O=C(CCC(=O)c1cccs1)Nc1cccc2c1CCCC2. The summed E-state index contributed by atoms with van der Waals surface area (Å²) in [4.78, 5) is 24.8. The van der Waals surface area contributed by atoms with E-state index in [2.05, 4.69) is 11.4 Å². The number of fused-ring (bicyclic) bond motifs is 1. The van der Waals surface area contributed by atoms with Gasteiger partial charge in [-0.1, -0.05) is 18.2 Å². The van der Waals surface area contributed by atoms with E-state index in [1.165, 1.54) is 35.3 Å². The molecule has 4 heteroatoms. The number of carbonyl (C=O) groups excluding carboxylic acids is 2. The summed E-state index contributed by atoms with van der Waals surface area (Å²) in [5.41, 5.74) is 3.54. The van der Waals surface area contributed by atoms with E-state index in [1.54, 1.807) is 6.07 Å². The molecule has 22 heavy (non-hydrogen) atoms. The van der Waals surface area contributed by atoms with Crippen molar-refractivity contribution in [2.75, 3.05) is 5.32 Å². The maximum Gasteiger partial charge on any atom is 0.224 e. The number of hydrogen-bond acceptors (Lipinski definition) is 3. The zero-order chi connectivity index (χ0) is 15.4. The number of Topliss-reactive ketones (excluding diaryl/α,β-unsaturated/α-hetero) is 1. The minimum absolute atomic E-state index is 0.0419. The molecule has 1 heterocycles. The van der Waals surface area contributed by atoms with Crippen LogP contribution < -0.4 is 5.32 Å². The second-order valence-corrected chi connectivity index (χ2v) is 6.55. The molecule has 1 aliphatic carbocycles. The Bertz CT molecular complexity index is 676. The number of anilines is 1. The van der Waals surface area contributed by atoms with E-state index < -0.39 is 0 Å². The molecule has 1 aromatic heterocycles. The quantitative estimate of drug-likeness (QED) is 0.840. The molecule has 0 atom stereocenters. The van der Waals surface area contributed by atoms with Crippen molar-refractivity contribution in [2.24, 2.45) is 0 Å². The Morgan fingerprint density at radius 1 is 1.05 bits per heavy atom. The molecule has 0 saturated heterocycles. The highest BCUT2D eigenvalue weighted by Crippen LogP contribution is 2.28. The molecular weight excluding hydrogens is 294 g/mol. The van der Waals surface area contributed by atoms with Crippen LogP contribution in [-0.4, -0.2) is 11.7 Å². The molecule has 0 bridgehead atoms. The summed E-state index contributed by atoms with van der Waals surface area (Å²) in [6.45, 7) is 0. The van der Waals surface area contributed by atoms with Crippen molar-refractivity contribution in [1.82, 2.24) is 0 Å². The van der Waals surface area contributed by atoms with E-state index >= 15 is 0 Å². The molecule has 1 amide bonds. The Balaban J connectivity index is 1.59. The first-order valence-corrected chi connectivity index (χ1v) is 8.59. The van der Waals surface area contributed by atoms with Gasteiger partial charge in [0.25, 0.3) is 0 Å². The Morgan fingerprint density at radius 2 is 1.91 bits per heavy atom. The summed E-state index contributed by atoms with van der Waals surface area (Å²) >= 11 is 1.42. The fraction of sp³-hybridized carbons (Fsp3) is 0.333. The topological polar surface area (TPSA) is 46.2 Å². The van der Waals surface area contributed by atoms with Gasteiger partial charge in [0.2, 0.25) is 5.91 Å². The van der Waals surface area contributed by atoms with Crippen molar-refractivity contribution < 1.29 is 9.59 Å². The average Bonchev–Trinajstić information content (AvgIpc) is 3.07. The Hall–Kier alpha value is -1.94. The second kappa shape index (κ2) is 6.88. The number of aryl methyl sites for hydroxylation is 1. The van der Waals surface area contributed by atoms with Gasteiger partial charge in [-0.05, 0) is 54.3 Å². The summed E-state index contributed by atoms with van der Waals surface area (Å²) in [6, 6.07) is 9.76. The predicted octanol–water partition coefficient (Wildman–Crippen LogP) is 4.23. The maximum atomic E-state index is 12.1. The van der Waals surface area contributed by atoms with E-state index in [1.807, 2.05) is 23.6 Å². The summed E-state index contributed by atoms with van der Waals surface area (Å²) in [7, 11) is 0. The van der Waals surface area contributed by atoms with Gasteiger partial charge in [0.15, 0.2) is 5.78 Å². The lowest BCUT2D eigenvalue weighted by Crippen LogP contribution is -2.16. The van der Waals surface area contributed by atoms with Crippen LogP contribution in [0.3, 0.4) is 0 Å².